The summed E-state index contributed by atoms with van der Waals surface area (Å²) < 4.78 is 16.9. The molecule has 0 spiro atoms. The maximum absolute atomic E-state index is 12.5. The molecule has 0 radical (unpaired) electrons. The molecule has 2 aromatic rings. The normalized spacial score (nSPS) is 17.2. The molecule has 0 bridgehead atoms. The van der Waals surface area contributed by atoms with Gasteiger partial charge in [0.1, 0.15) is 11.5 Å². The molecule has 9 nitrogen and oxygen atoms in total. The summed E-state index contributed by atoms with van der Waals surface area (Å²) >= 11 is 0. The summed E-state index contributed by atoms with van der Waals surface area (Å²) in [6, 6.07) is 10.5. The van der Waals surface area contributed by atoms with Crippen LogP contribution in [0.25, 0.3) is 0 Å². The van der Waals surface area contributed by atoms with E-state index in [9.17, 15) is 14.9 Å². The zero-order valence-corrected chi connectivity index (χ0v) is 16.6. The third-order valence-corrected chi connectivity index (χ3v) is 5.05. The highest BCUT2D eigenvalue weighted by molar-refractivity contribution is 5.83. The van der Waals surface area contributed by atoms with Crippen molar-refractivity contribution in [2.45, 2.75) is 32.6 Å². The van der Waals surface area contributed by atoms with Gasteiger partial charge >= 0.3 is 0 Å². The van der Waals surface area contributed by atoms with E-state index in [1.807, 2.05) is 36.1 Å². The number of benzene rings is 2. The van der Waals surface area contributed by atoms with Gasteiger partial charge in [-0.15, -0.1) is 0 Å². The van der Waals surface area contributed by atoms with Crippen LogP contribution in [0.15, 0.2) is 36.4 Å². The van der Waals surface area contributed by atoms with Crippen LogP contribution in [-0.2, 0) is 22.7 Å². The third kappa shape index (κ3) is 4.02. The molecule has 1 N–H and O–H groups in total. The van der Waals surface area contributed by atoms with Gasteiger partial charge in [0.05, 0.1) is 23.8 Å². The SMILES string of the molecule is CCCNC(=O)[C@H]1CN(Cc2cc([N+](=O)[O-])cc3c2OCOC3)c2ccccc2O1. The minimum absolute atomic E-state index is 0.0170. The van der Waals surface area contributed by atoms with E-state index < -0.39 is 11.0 Å². The standard InChI is InChI=1S/C21H23N3O6/c1-2-7-22-21(25)19-11-23(17-5-3-4-6-18(17)30-19)10-14-8-16(24(26)27)9-15-12-28-13-29-20(14)15/h3-6,8-9,19H,2,7,10-13H2,1H3,(H,22,25)/t19-/m1/s1. The Labute approximate surface area is 173 Å². The smallest absolute Gasteiger partial charge is 0.270 e. The molecule has 2 aromatic carbocycles. The van der Waals surface area contributed by atoms with E-state index in [-0.39, 0.29) is 25.0 Å². The first-order valence-electron chi connectivity index (χ1n) is 9.86. The Bertz CT molecular complexity index is 964. The van der Waals surface area contributed by atoms with Crippen LogP contribution in [0.2, 0.25) is 0 Å². The first-order chi connectivity index (χ1) is 14.6. The van der Waals surface area contributed by atoms with Gasteiger partial charge in [0.15, 0.2) is 12.9 Å². The molecule has 9 heteroatoms. The van der Waals surface area contributed by atoms with Crippen LogP contribution in [0, 0.1) is 10.1 Å². The number of amides is 1. The van der Waals surface area contributed by atoms with Crippen molar-refractivity contribution in [2.24, 2.45) is 0 Å². The zero-order valence-electron chi connectivity index (χ0n) is 16.6. The lowest BCUT2D eigenvalue weighted by Crippen LogP contribution is -2.49. The molecule has 0 fully saturated rings. The van der Waals surface area contributed by atoms with Gasteiger partial charge in [0, 0.05) is 36.3 Å². The summed E-state index contributed by atoms with van der Waals surface area (Å²) in [5.74, 6) is 1.02. The number of anilines is 1. The number of para-hydroxylation sites is 2. The van der Waals surface area contributed by atoms with Crippen molar-refractivity contribution in [3.05, 3.63) is 57.6 Å². The molecule has 158 valence electrons. The number of nitrogens with zero attached hydrogens (tertiary/aromatic N) is 2. The summed E-state index contributed by atoms with van der Waals surface area (Å²) in [7, 11) is 0. The lowest BCUT2D eigenvalue weighted by atomic mass is 10.0. The Kier molecular flexibility index (Phi) is 5.71. The topological polar surface area (TPSA) is 103 Å². The Morgan fingerprint density at radius 2 is 2.17 bits per heavy atom. The van der Waals surface area contributed by atoms with E-state index >= 15 is 0 Å². The van der Waals surface area contributed by atoms with E-state index in [2.05, 4.69) is 5.32 Å². The fourth-order valence-corrected chi connectivity index (χ4v) is 3.66. The molecule has 0 unspecified atom stereocenters. The van der Waals surface area contributed by atoms with Crippen LogP contribution in [-0.4, -0.2) is 36.8 Å². The van der Waals surface area contributed by atoms with Gasteiger partial charge in [-0.3, -0.25) is 14.9 Å². The van der Waals surface area contributed by atoms with E-state index in [0.29, 0.717) is 42.3 Å². The predicted octanol–water partition coefficient (Wildman–Crippen LogP) is 2.76. The second-order valence-electron chi connectivity index (χ2n) is 7.21. The van der Waals surface area contributed by atoms with Gasteiger partial charge in [0.2, 0.25) is 0 Å². The van der Waals surface area contributed by atoms with Gasteiger partial charge in [0.25, 0.3) is 11.6 Å². The second-order valence-corrected chi connectivity index (χ2v) is 7.21. The van der Waals surface area contributed by atoms with Crippen molar-refractivity contribution in [3.8, 4) is 11.5 Å². The molecule has 1 atom stereocenters. The van der Waals surface area contributed by atoms with E-state index in [1.165, 1.54) is 12.1 Å². The number of nitrogens with one attached hydrogen (secondary N) is 1. The van der Waals surface area contributed by atoms with Crippen molar-refractivity contribution in [1.82, 2.24) is 5.32 Å². The van der Waals surface area contributed by atoms with Gasteiger partial charge in [-0.2, -0.15) is 0 Å². The number of fused-ring (bicyclic) bond motifs is 2. The highest BCUT2D eigenvalue weighted by Gasteiger charge is 2.32. The minimum Gasteiger partial charge on any atom is -0.477 e. The number of nitro benzene ring substituents is 1. The van der Waals surface area contributed by atoms with E-state index in [0.717, 1.165) is 12.1 Å². The van der Waals surface area contributed by atoms with Crippen LogP contribution in [0.3, 0.4) is 0 Å². The fourth-order valence-electron chi connectivity index (χ4n) is 3.66. The molecule has 0 aromatic heterocycles. The Morgan fingerprint density at radius 3 is 2.97 bits per heavy atom. The second kappa shape index (κ2) is 8.58. The predicted molar refractivity (Wildman–Crippen MR) is 109 cm³/mol. The van der Waals surface area contributed by atoms with Crippen LogP contribution in [0.1, 0.15) is 24.5 Å². The summed E-state index contributed by atoms with van der Waals surface area (Å²) in [6.45, 7) is 3.57. The van der Waals surface area contributed by atoms with Gasteiger partial charge in [-0.05, 0) is 18.6 Å². The summed E-state index contributed by atoms with van der Waals surface area (Å²) in [5, 5.41) is 14.3. The lowest BCUT2D eigenvalue weighted by molar-refractivity contribution is -0.385. The average Bonchev–Trinajstić information content (AvgIpc) is 2.77. The molecular weight excluding hydrogens is 390 g/mol. The fraction of sp³-hybridized carbons (Fsp3) is 0.381. The molecule has 0 saturated heterocycles. The minimum atomic E-state index is -0.676. The van der Waals surface area contributed by atoms with E-state index in [4.69, 9.17) is 14.2 Å². The third-order valence-electron chi connectivity index (χ3n) is 5.05. The van der Waals surface area contributed by atoms with Gasteiger partial charge in [-0.25, -0.2) is 0 Å². The first kappa shape index (κ1) is 20.0. The molecule has 2 heterocycles. The van der Waals surface area contributed by atoms with Gasteiger partial charge in [-0.1, -0.05) is 19.1 Å². The van der Waals surface area contributed by atoms with Crippen LogP contribution in [0.5, 0.6) is 11.5 Å². The molecule has 2 aliphatic rings. The van der Waals surface area contributed by atoms with Crippen molar-refractivity contribution in [2.75, 3.05) is 24.8 Å². The van der Waals surface area contributed by atoms with Crippen LogP contribution < -0.4 is 19.7 Å². The first-order valence-corrected chi connectivity index (χ1v) is 9.86. The number of rotatable bonds is 6. The van der Waals surface area contributed by atoms with Gasteiger partial charge < -0.3 is 24.4 Å². The highest BCUT2D eigenvalue weighted by Crippen LogP contribution is 2.38. The Morgan fingerprint density at radius 1 is 1.33 bits per heavy atom. The highest BCUT2D eigenvalue weighted by atomic mass is 16.7. The summed E-state index contributed by atoms with van der Waals surface area (Å²) in [6.07, 6.45) is 0.156. The van der Waals surface area contributed by atoms with Crippen molar-refractivity contribution in [1.29, 1.82) is 0 Å². The van der Waals surface area contributed by atoms with Crippen molar-refractivity contribution >= 4 is 17.3 Å². The maximum atomic E-state index is 12.5. The summed E-state index contributed by atoms with van der Waals surface area (Å²) in [5.41, 5.74) is 2.12. The monoisotopic (exact) mass is 413 g/mol. The Hall–Kier alpha value is -3.33. The number of carbonyl (C=O) groups excluding carboxylic acids is 1. The number of hydrogen-bond acceptors (Lipinski definition) is 7. The number of carbonyl (C=O) groups is 1. The van der Waals surface area contributed by atoms with Crippen molar-refractivity contribution < 1.29 is 23.9 Å². The molecule has 1 amide bonds. The molecule has 2 aliphatic heterocycles. The van der Waals surface area contributed by atoms with Crippen LogP contribution >= 0.6 is 0 Å². The molecule has 0 aliphatic carbocycles. The van der Waals surface area contributed by atoms with Crippen LogP contribution in [0.4, 0.5) is 11.4 Å². The number of hydrogen-bond donors (Lipinski definition) is 1. The van der Waals surface area contributed by atoms with E-state index in [1.54, 1.807) is 0 Å². The summed E-state index contributed by atoms with van der Waals surface area (Å²) in [4.78, 5) is 25.5. The molecule has 4 rings (SSSR count). The molecule has 0 saturated carbocycles. The number of nitro groups is 1. The largest absolute Gasteiger partial charge is 0.477 e. The lowest BCUT2D eigenvalue weighted by Gasteiger charge is -2.36. The molecular formula is C21H23N3O6. The quantitative estimate of drug-likeness (QED) is 0.574. The Balaban J connectivity index is 1.67. The molecule has 30 heavy (non-hydrogen) atoms. The number of ether oxygens (including phenoxy) is 3. The van der Waals surface area contributed by atoms with Crippen molar-refractivity contribution in [3.63, 3.8) is 0 Å². The maximum Gasteiger partial charge on any atom is 0.270 e. The number of non-ortho nitro benzene ring substituents is 1. The zero-order chi connectivity index (χ0) is 21.1. The average molecular weight is 413 g/mol.